The molecular weight excluding hydrogens is 306 g/mol. The Bertz CT molecular complexity index is 720. The van der Waals surface area contributed by atoms with Gasteiger partial charge in [-0.25, -0.2) is 4.98 Å². The Morgan fingerprint density at radius 1 is 1.42 bits per heavy atom. The summed E-state index contributed by atoms with van der Waals surface area (Å²) in [6.07, 6.45) is 1.63. The summed E-state index contributed by atoms with van der Waals surface area (Å²) in [5.41, 5.74) is -0.0974. The first-order valence-electron chi connectivity index (χ1n) is 8.00. The lowest BCUT2D eigenvalue weighted by Crippen LogP contribution is -2.39. The van der Waals surface area contributed by atoms with E-state index in [0.717, 1.165) is 5.76 Å². The molecule has 0 aliphatic heterocycles. The summed E-state index contributed by atoms with van der Waals surface area (Å²) in [4.78, 5) is 16.7. The number of anilines is 1. The molecule has 6 nitrogen and oxygen atoms in total. The first-order chi connectivity index (χ1) is 11.2. The second-order valence-electron chi connectivity index (χ2n) is 6.48. The van der Waals surface area contributed by atoms with Crippen molar-refractivity contribution < 1.29 is 14.3 Å². The van der Waals surface area contributed by atoms with Crippen molar-refractivity contribution in [3.05, 3.63) is 47.0 Å². The molecule has 1 atom stereocenters. The van der Waals surface area contributed by atoms with Crippen molar-refractivity contribution >= 4 is 11.7 Å². The Morgan fingerprint density at radius 3 is 2.71 bits per heavy atom. The number of rotatable bonds is 6. The summed E-state index contributed by atoms with van der Waals surface area (Å²) in [7, 11) is 0. The van der Waals surface area contributed by atoms with E-state index in [1.165, 1.54) is 0 Å². The van der Waals surface area contributed by atoms with Gasteiger partial charge in [0, 0.05) is 17.8 Å². The molecule has 2 aromatic heterocycles. The highest BCUT2D eigenvalue weighted by Crippen LogP contribution is 2.26. The minimum Gasteiger partial charge on any atom is -0.466 e. The molecule has 1 amide bonds. The van der Waals surface area contributed by atoms with Crippen LogP contribution in [0, 0.1) is 13.8 Å². The van der Waals surface area contributed by atoms with Crippen LogP contribution in [0.5, 0.6) is 0 Å². The van der Waals surface area contributed by atoms with E-state index in [1.54, 1.807) is 38.2 Å². The number of carbonyl (C=O) groups excluding carboxylic acids is 1. The molecule has 3 N–H and O–H groups in total. The van der Waals surface area contributed by atoms with Gasteiger partial charge in [-0.15, -0.1) is 0 Å². The Hall–Kier alpha value is -2.34. The molecule has 0 bridgehead atoms. The van der Waals surface area contributed by atoms with Gasteiger partial charge in [0.15, 0.2) is 0 Å². The van der Waals surface area contributed by atoms with Crippen molar-refractivity contribution in [2.45, 2.75) is 46.3 Å². The van der Waals surface area contributed by atoms with Crippen LogP contribution in [0.2, 0.25) is 0 Å². The lowest BCUT2D eigenvalue weighted by Gasteiger charge is -2.23. The number of carbonyl (C=O) groups is 1. The maximum absolute atomic E-state index is 12.5. The number of furan rings is 1. The number of hydrogen-bond donors (Lipinski definition) is 3. The van der Waals surface area contributed by atoms with Crippen molar-refractivity contribution in [2.24, 2.45) is 0 Å². The quantitative estimate of drug-likeness (QED) is 0.757. The number of pyridine rings is 1. The van der Waals surface area contributed by atoms with Crippen LogP contribution in [0.4, 0.5) is 5.82 Å². The molecule has 0 saturated carbocycles. The van der Waals surface area contributed by atoms with Crippen LogP contribution in [-0.2, 0) is 5.60 Å². The van der Waals surface area contributed by atoms with Crippen molar-refractivity contribution in [1.29, 1.82) is 0 Å². The summed E-state index contributed by atoms with van der Waals surface area (Å²) in [6.45, 7) is 9.30. The molecule has 1 unspecified atom stereocenters. The van der Waals surface area contributed by atoms with Crippen LogP contribution in [0.3, 0.4) is 0 Å². The van der Waals surface area contributed by atoms with Gasteiger partial charge in [0.2, 0.25) is 0 Å². The highest BCUT2D eigenvalue weighted by atomic mass is 16.3. The van der Waals surface area contributed by atoms with Crippen molar-refractivity contribution in [2.75, 3.05) is 11.9 Å². The third-order valence-corrected chi connectivity index (χ3v) is 3.69. The summed E-state index contributed by atoms with van der Waals surface area (Å²) in [5, 5.41) is 16.6. The number of aliphatic hydroxyl groups is 1. The van der Waals surface area contributed by atoms with E-state index >= 15 is 0 Å². The molecule has 2 aromatic rings. The van der Waals surface area contributed by atoms with Gasteiger partial charge in [0.25, 0.3) is 5.91 Å². The van der Waals surface area contributed by atoms with Gasteiger partial charge >= 0.3 is 0 Å². The van der Waals surface area contributed by atoms with E-state index in [4.69, 9.17) is 4.42 Å². The van der Waals surface area contributed by atoms with Gasteiger partial charge in [0.1, 0.15) is 22.9 Å². The Labute approximate surface area is 142 Å². The zero-order valence-corrected chi connectivity index (χ0v) is 14.8. The number of aryl methyl sites for hydroxylation is 2. The highest BCUT2D eigenvalue weighted by molar-refractivity contribution is 5.98. The lowest BCUT2D eigenvalue weighted by molar-refractivity contribution is 0.0514. The standard InChI is InChI=1S/C18H25N3O3/c1-11(2)21-16-14(7-6-8-19-16)17(22)20-10-18(5,23)15-9-12(3)24-13(15)4/h6-9,11,23H,10H2,1-5H3,(H,19,21)(H,20,22). The average molecular weight is 331 g/mol. The molecule has 0 aromatic carbocycles. The molecule has 24 heavy (non-hydrogen) atoms. The van der Waals surface area contributed by atoms with Crippen molar-refractivity contribution in [1.82, 2.24) is 10.3 Å². The first-order valence-corrected chi connectivity index (χ1v) is 8.00. The molecule has 0 fully saturated rings. The van der Waals surface area contributed by atoms with Crippen LogP contribution in [0.25, 0.3) is 0 Å². The predicted octanol–water partition coefficient (Wildman–Crippen LogP) is 2.75. The van der Waals surface area contributed by atoms with Gasteiger partial charge in [-0.2, -0.15) is 0 Å². The molecule has 0 saturated heterocycles. The molecular formula is C18H25N3O3. The zero-order chi connectivity index (χ0) is 17.9. The second kappa shape index (κ2) is 7.05. The minimum absolute atomic E-state index is 0.0711. The summed E-state index contributed by atoms with van der Waals surface area (Å²) >= 11 is 0. The topological polar surface area (TPSA) is 87.4 Å². The van der Waals surface area contributed by atoms with Crippen LogP contribution < -0.4 is 10.6 Å². The molecule has 0 radical (unpaired) electrons. The number of nitrogens with one attached hydrogen (secondary N) is 2. The molecule has 6 heteroatoms. The van der Waals surface area contributed by atoms with E-state index in [1.807, 2.05) is 20.8 Å². The van der Waals surface area contributed by atoms with Gasteiger partial charge in [0.05, 0.1) is 12.1 Å². The van der Waals surface area contributed by atoms with Crippen molar-refractivity contribution in [3.63, 3.8) is 0 Å². The number of hydrogen-bond acceptors (Lipinski definition) is 5. The van der Waals surface area contributed by atoms with E-state index < -0.39 is 5.60 Å². The highest BCUT2D eigenvalue weighted by Gasteiger charge is 2.28. The fourth-order valence-corrected chi connectivity index (χ4v) is 2.59. The summed E-state index contributed by atoms with van der Waals surface area (Å²) < 4.78 is 5.46. The summed E-state index contributed by atoms with van der Waals surface area (Å²) in [6, 6.07) is 5.36. The minimum atomic E-state index is -1.22. The maximum Gasteiger partial charge on any atom is 0.255 e. The molecule has 0 spiro atoms. The van der Waals surface area contributed by atoms with E-state index in [0.29, 0.717) is 22.7 Å². The molecule has 0 aliphatic rings. The zero-order valence-electron chi connectivity index (χ0n) is 14.8. The maximum atomic E-state index is 12.5. The lowest BCUT2D eigenvalue weighted by atomic mass is 9.96. The Kier molecular flexibility index (Phi) is 5.29. The molecule has 0 aliphatic carbocycles. The van der Waals surface area contributed by atoms with Gasteiger partial charge in [-0.3, -0.25) is 4.79 Å². The molecule has 2 heterocycles. The van der Waals surface area contributed by atoms with Crippen LogP contribution in [0.15, 0.2) is 28.8 Å². The van der Waals surface area contributed by atoms with Crippen LogP contribution in [0.1, 0.15) is 48.2 Å². The first kappa shape index (κ1) is 18.0. The van der Waals surface area contributed by atoms with E-state index in [-0.39, 0.29) is 18.5 Å². The number of aromatic nitrogens is 1. The van der Waals surface area contributed by atoms with Crippen molar-refractivity contribution in [3.8, 4) is 0 Å². The van der Waals surface area contributed by atoms with E-state index in [2.05, 4.69) is 15.6 Å². The summed E-state index contributed by atoms with van der Waals surface area (Å²) in [5.74, 6) is 1.62. The largest absolute Gasteiger partial charge is 0.466 e. The normalized spacial score (nSPS) is 13.6. The molecule has 130 valence electrons. The third kappa shape index (κ3) is 4.14. The Balaban J connectivity index is 2.12. The number of amides is 1. The van der Waals surface area contributed by atoms with Gasteiger partial charge < -0.3 is 20.2 Å². The monoisotopic (exact) mass is 331 g/mol. The predicted molar refractivity (Wildman–Crippen MR) is 93.1 cm³/mol. The smallest absolute Gasteiger partial charge is 0.255 e. The fraction of sp³-hybridized carbons (Fsp3) is 0.444. The Morgan fingerprint density at radius 2 is 2.12 bits per heavy atom. The van der Waals surface area contributed by atoms with Crippen LogP contribution >= 0.6 is 0 Å². The average Bonchev–Trinajstić information content (AvgIpc) is 2.84. The molecule has 2 rings (SSSR count). The van der Waals surface area contributed by atoms with Crippen LogP contribution in [-0.4, -0.2) is 28.6 Å². The third-order valence-electron chi connectivity index (χ3n) is 3.69. The second-order valence-corrected chi connectivity index (χ2v) is 6.48. The van der Waals surface area contributed by atoms with E-state index in [9.17, 15) is 9.90 Å². The van der Waals surface area contributed by atoms with Gasteiger partial charge in [-0.1, -0.05) is 0 Å². The number of nitrogens with zero attached hydrogens (tertiary/aromatic N) is 1. The fourth-order valence-electron chi connectivity index (χ4n) is 2.59. The SMILES string of the molecule is Cc1cc(C(C)(O)CNC(=O)c2cccnc2NC(C)C)c(C)o1. The van der Waals surface area contributed by atoms with Gasteiger partial charge in [-0.05, 0) is 52.8 Å².